The van der Waals surface area contributed by atoms with E-state index in [9.17, 15) is 14.4 Å². The molecule has 4 amide bonds. The number of rotatable bonds is 4. The van der Waals surface area contributed by atoms with Gasteiger partial charge in [-0.2, -0.15) is 0 Å². The smallest absolute Gasteiger partial charge is 0.323 e. The van der Waals surface area contributed by atoms with Crippen LogP contribution in [0.4, 0.5) is 27.5 Å². The Hall–Kier alpha value is -3.55. The molecule has 146 valence electrons. The third kappa shape index (κ3) is 4.22. The molecule has 2 aromatic carbocycles. The molecule has 0 aromatic heterocycles. The van der Waals surface area contributed by atoms with E-state index in [-0.39, 0.29) is 11.8 Å². The van der Waals surface area contributed by atoms with E-state index >= 15 is 0 Å². The number of ether oxygens (including phenoxy) is 1. The zero-order valence-electron chi connectivity index (χ0n) is 16.0. The third-order valence-corrected chi connectivity index (χ3v) is 4.45. The number of methoxy groups -OCH3 is 1. The van der Waals surface area contributed by atoms with Crippen molar-refractivity contribution >= 4 is 40.6 Å². The number of aryl methyl sites for hydroxylation is 1. The molecule has 1 aliphatic rings. The fraction of sp³-hybridized carbons (Fsp3) is 0.250. The molecule has 1 heterocycles. The number of anilines is 4. The Morgan fingerprint density at radius 1 is 1.00 bits per heavy atom. The molecule has 0 spiro atoms. The van der Waals surface area contributed by atoms with Crippen LogP contribution < -0.4 is 25.6 Å². The zero-order valence-corrected chi connectivity index (χ0v) is 16.0. The molecule has 0 atom stereocenters. The number of fused-ring (bicyclic) bond motifs is 1. The van der Waals surface area contributed by atoms with Gasteiger partial charge in [-0.1, -0.05) is 0 Å². The van der Waals surface area contributed by atoms with E-state index in [0.717, 1.165) is 11.3 Å². The highest BCUT2D eigenvalue weighted by atomic mass is 16.5. The van der Waals surface area contributed by atoms with Gasteiger partial charge in [0.05, 0.1) is 12.8 Å². The molecular weight excluding hydrogens is 360 g/mol. The number of benzene rings is 2. The summed E-state index contributed by atoms with van der Waals surface area (Å²) in [5.41, 5.74) is 3.56. The zero-order chi connectivity index (χ0) is 20.3. The van der Waals surface area contributed by atoms with Gasteiger partial charge in [0.25, 0.3) is 0 Å². The summed E-state index contributed by atoms with van der Waals surface area (Å²) in [7, 11) is 3.23. The average molecular weight is 382 g/mol. The average Bonchev–Trinajstić information content (AvgIpc) is 2.65. The first-order valence-corrected chi connectivity index (χ1v) is 8.80. The third-order valence-electron chi connectivity index (χ3n) is 4.45. The lowest BCUT2D eigenvalue weighted by Crippen LogP contribution is -2.31. The Bertz CT molecular complexity index is 942. The molecule has 1 aliphatic heterocycles. The Kier molecular flexibility index (Phi) is 5.49. The van der Waals surface area contributed by atoms with Crippen LogP contribution in [0, 0.1) is 0 Å². The van der Waals surface area contributed by atoms with Crippen molar-refractivity contribution < 1.29 is 19.1 Å². The summed E-state index contributed by atoms with van der Waals surface area (Å²) in [6, 6.07) is 10.00. The molecule has 0 radical (unpaired) electrons. The van der Waals surface area contributed by atoms with Gasteiger partial charge < -0.3 is 25.6 Å². The van der Waals surface area contributed by atoms with Crippen LogP contribution >= 0.6 is 0 Å². The van der Waals surface area contributed by atoms with Crippen molar-refractivity contribution in [3.05, 3.63) is 42.0 Å². The Morgan fingerprint density at radius 2 is 1.68 bits per heavy atom. The molecule has 0 saturated heterocycles. The first-order valence-electron chi connectivity index (χ1n) is 8.80. The van der Waals surface area contributed by atoms with Crippen molar-refractivity contribution in [3.8, 4) is 5.75 Å². The van der Waals surface area contributed by atoms with Crippen LogP contribution in [0.1, 0.15) is 18.9 Å². The Balaban J connectivity index is 1.69. The largest absolute Gasteiger partial charge is 0.494 e. The molecule has 8 nitrogen and oxygen atoms in total. The second-order valence-corrected chi connectivity index (χ2v) is 6.47. The van der Waals surface area contributed by atoms with E-state index in [1.54, 1.807) is 36.2 Å². The van der Waals surface area contributed by atoms with Crippen molar-refractivity contribution in [1.82, 2.24) is 0 Å². The number of carbonyl (C=O) groups excluding carboxylic acids is 3. The lowest BCUT2D eigenvalue weighted by Gasteiger charge is -2.26. The van der Waals surface area contributed by atoms with E-state index in [2.05, 4.69) is 16.0 Å². The van der Waals surface area contributed by atoms with E-state index in [1.165, 1.54) is 14.0 Å². The molecule has 0 bridgehead atoms. The minimum atomic E-state index is -0.408. The summed E-state index contributed by atoms with van der Waals surface area (Å²) >= 11 is 0. The van der Waals surface area contributed by atoms with Crippen molar-refractivity contribution in [2.75, 3.05) is 35.0 Å². The highest BCUT2D eigenvalue weighted by molar-refractivity contribution is 6.01. The molecular formula is C20H22N4O4. The summed E-state index contributed by atoms with van der Waals surface area (Å²) < 4.78 is 5.25. The topological polar surface area (TPSA) is 99.8 Å². The van der Waals surface area contributed by atoms with Gasteiger partial charge in [-0.3, -0.25) is 9.59 Å². The molecule has 3 N–H and O–H groups in total. The fourth-order valence-corrected chi connectivity index (χ4v) is 3.09. The highest BCUT2D eigenvalue weighted by Gasteiger charge is 2.21. The van der Waals surface area contributed by atoms with Gasteiger partial charge in [0.15, 0.2) is 0 Å². The lowest BCUT2D eigenvalue weighted by atomic mass is 10.0. The van der Waals surface area contributed by atoms with Gasteiger partial charge in [0.2, 0.25) is 11.8 Å². The normalized spacial score (nSPS) is 12.8. The van der Waals surface area contributed by atoms with Crippen LogP contribution in [0.2, 0.25) is 0 Å². The maximum absolute atomic E-state index is 12.3. The maximum atomic E-state index is 12.3. The van der Waals surface area contributed by atoms with Gasteiger partial charge in [-0.25, -0.2) is 4.79 Å². The SMILES string of the molecule is COc1cc(NC(=O)Nc2ccc3c(c2)CCC(=O)N3C)ccc1NC(C)=O. The fourth-order valence-electron chi connectivity index (χ4n) is 3.09. The first-order chi connectivity index (χ1) is 13.4. The van der Waals surface area contributed by atoms with Crippen molar-refractivity contribution in [2.45, 2.75) is 19.8 Å². The summed E-state index contributed by atoms with van der Waals surface area (Å²) in [6.07, 6.45) is 1.11. The van der Waals surface area contributed by atoms with Gasteiger partial charge in [-0.05, 0) is 42.3 Å². The van der Waals surface area contributed by atoms with Gasteiger partial charge in [0.1, 0.15) is 5.75 Å². The van der Waals surface area contributed by atoms with Crippen molar-refractivity contribution in [3.63, 3.8) is 0 Å². The number of carbonyl (C=O) groups is 3. The quantitative estimate of drug-likeness (QED) is 0.756. The van der Waals surface area contributed by atoms with Crippen LogP contribution in [-0.2, 0) is 16.0 Å². The molecule has 3 rings (SSSR count). The Labute approximate surface area is 162 Å². The standard InChI is InChI=1S/C20H22N4O4/c1-12(25)21-16-7-5-15(11-18(16)28-3)23-20(27)22-14-6-8-17-13(10-14)4-9-19(26)24(17)2/h5-8,10-11H,4,9H2,1-3H3,(H,21,25)(H2,22,23,27). The Morgan fingerprint density at radius 3 is 2.36 bits per heavy atom. The summed E-state index contributed by atoms with van der Waals surface area (Å²) in [6.45, 7) is 1.41. The molecule has 0 unspecified atom stereocenters. The van der Waals surface area contributed by atoms with Crippen LogP contribution in [0.25, 0.3) is 0 Å². The van der Waals surface area contributed by atoms with E-state index in [1.807, 2.05) is 12.1 Å². The number of hydrogen-bond acceptors (Lipinski definition) is 4. The van der Waals surface area contributed by atoms with Gasteiger partial charge in [0, 0.05) is 43.5 Å². The number of nitrogens with one attached hydrogen (secondary N) is 3. The predicted octanol–water partition coefficient (Wildman–Crippen LogP) is 3.21. The monoisotopic (exact) mass is 382 g/mol. The van der Waals surface area contributed by atoms with Gasteiger partial charge in [-0.15, -0.1) is 0 Å². The molecule has 2 aromatic rings. The predicted molar refractivity (Wildman–Crippen MR) is 108 cm³/mol. The van der Waals surface area contributed by atoms with Gasteiger partial charge >= 0.3 is 6.03 Å². The lowest BCUT2D eigenvalue weighted by molar-refractivity contribution is -0.118. The van der Waals surface area contributed by atoms with Crippen molar-refractivity contribution in [1.29, 1.82) is 0 Å². The van der Waals surface area contributed by atoms with Crippen LogP contribution in [0.15, 0.2) is 36.4 Å². The van der Waals surface area contributed by atoms with Crippen LogP contribution in [0.5, 0.6) is 5.75 Å². The van der Waals surface area contributed by atoms with E-state index < -0.39 is 6.03 Å². The maximum Gasteiger partial charge on any atom is 0.323 e. The number of urea groups is 1. The van der Waals surface area contributed by atoms with E-state index in [0.29, 0.717) is 35.7 Å². The summed E-state index contributed by atoms with van der Waals surface area (Å²) in [5, 5.41) is 8.18. The molecule has 0 aliphatic carbocycles. The molecule has 0 saturated carbocycles. The summed E-state index contributed by atoms with van der Waals surface area (Å²) in [5.74, 6) is 0.314. The second kappa shape index (κ2) is 7.99. The minimum Gasteiger partial charge on any atom is -0.494 e. The second-order valence-electron chi connectivity index (χ2n) is 6.47. The minimum absolute atomic E-state index is 0.0857. The van der Waals surface area contributed by atoms with Crippen LogP contribution in [0.3, 0.4) is 0 Å². The number of amides is 4. The molecule has 28 heavy (non-hydrogen) atoms. The van der Waals surface area contributed by atoms with Crippen LogP contribution in [-0.4, -0.2) is 32.0 Å². The molecule has 0 fully saturated rings. The number of hydrogen-bond donors (Lipinski definition) is 3. The highest BCUT2D eigenvalue weighted by Crippen LogP contribution is 2.30. The summed E-state index contributed by atoms with van der Waals surface area (Å²) in [4.78, 5) is 37.0. The van der Waals surface area contributed by atoms with E-state index in [4.69, 9.17) is 4.74 Å². The first kappa shape index (κ1) is 19.2. The molecule has 8 heteroatoms. The van der Waals surface area contributed by atoms with Crippen molar-refractivity contribution in [2.24, 2.45) is 0 Å². The number of nitrogens with zero attached hydrogens (tertiary/aromatic N) is 1.